The first-order valence-electron chi connectivity index (χ1n) is 6.75. The maximum absolute atomic E-state index is 11.9. The Morgan fingerprint density at radius 3 is 2.83 bits per heavy atom. The summed E-state index contributed by atoms with van der Waals surface area (Å²) >= 11 is 3.29. The lowest BCUT2D eigenvalue weighted by Crippen LogP contribution is -2.23. The molecule has 0 aliphatic carbocycles. The monoisotopic (exact) mass is 446 g/mol. The van der Waals surface area contributed by atoms with Crippen molar-refractivity contribution in [3.05, 3.63) is 26.2 Å². The van der Waals surface area contributed by atoms with Crippen LogP contribution in [0.1, 0.15) is 19.4 Å². The van der Waals surface area contributed by atoms with E-state index < -0.39 is 0 Å². The molecule has 0 unspecified atom stereocenters. The molecule has 2 rings (SSSR count). The molecule has 2 amide bonds. The minimum absolute atomic E-state index is 0.261. The molecule has 0 saturated carbocycles. The van der Waals surface area contributed by atoms with Crippen LogP contribution in [0.15, 0.2) is 22.0 Å². The summed E-state index contributed by atoms with van der Waals surface area (Å²) in [5, 5.41) is 2.81. The molecule has 0 fully saturated rings. The van der Waals surface area contributed by atoms with Crippen molar-refractivity contribution in [3.63, 3.8) is 0 Å². The van der Waals surface area contributed by atoms with Gasteiger partial charge in [-0.25, -0.2) is 0 Å². The number of nitrogens with one attached hydrogen (secondary N) is 1. The van der Waals surface area contributed by atoms with Crippen LogP contribution in [0.3, 0.4) is 0 Å². The average molecular weight is 446 g/mol. The van der Waals surface area contributed by atoms with E-state index in [1.807, 2.05) is 13.0 Å². The quantitative estimate of drug-likeness (QED) is 0.569. The second-order valence-corrected chi connectivity index (χ2v) is 6.67. The second kappa shape index (κ2) is 7.82. The fourth-order valence-corrected chi connectivity index (χ4v) is 3.51. The summed E-state index contributed by atoms with van der Waals surface area (Å²) in [6.07, 6.45) is 1.71. The number of aliphatic imine (C=N–C) groups is 1. The van der Waals surface area contributed by atoms with Gasteiger partial charge in [0.15, 0.2) is 16.7 Å². The van der Waals surface area contributed by atoms with E-state index in [4.69, 9.17) is 9.47 Å². The standard InChI is InChI=1S/C15H15IN2O4S/c1-4-22-13-10(16)5-9(6-11(13)21-3)7-12-14(20)18-15(23-12)17-8(2)19/h5-7H,4H2,1-3H3,(H,17,18,19,20)/b12-7+. The highest BCUT2D eigenvalue weighted by Crippen LogP contribution is 2.36. The van der Waals surface area contributed by atoms with Crippen LogP contribution in [0.2, 0.25) is 0 Å². The number of carbonyl (C=O) groups excluding carboxylic acids is 2. The maximum atomic E-state index is 11.9. The first-order chi connectivity index (χ1) is 10.9. The number of amidine groups is 1. The van der Waals surface area contributed by atoms with Gasteiger partial charge in [0.05, 0.1) is 22.2 Å². The van der Waals surface area contributed by atoms with Gasteiger partial charge in [-0.1, -0.05) is 0 Å². The highest BCUT2D eigenvalue weighted by atomic mass is 127. The summed E-state index contributed by atoms with van der Waals surface area (Å²) in [5.41, 5.74) is 0.796. The molecule has 1 aromatic rings. The minimum Gasteiger partial charge on any atom is -0.493 e. The molecule has 23 heavy (non-hydrogen) atoms. The molecule has 6 nitrogen and oxygen atoms in total. The van der Waals surface area contributed by atoms with Gasteiger partial charge in [0.1, 0.15) is 0 Å². The lowest BCUT2D eigenvalue weighted by atomic mass is 10.2. The Hall–Kier alpha value is -1.55. The van der Waals surface area contributed by atoms with Crippen LogP contribution in [-0.4, -0.2) is 30.7 Å². The number of nitrogens with zero attached hydrogens (tertiary/aromatic N) is 1. The number of ether oxygens (including phenoxy) is 2. The molecule has 122 valence electrons. The van der Waals surface area contributed by atoms with E-state index in [0.29, 0.717) is 28.2 Å². The third-order valence-electron chi connectivity index (χ3n) is 2.74. The molecule has 0 bridgehead atoms. The van der Waals surface area contributed by atoms with E-state index in [9.17, 15) is 9.59 Å². The van der Waals surface area contributed by atoms with Gasteiger partial charge in [-0.2, -0.15) is 4.99 Å². The zero-order valence-electron chi connectivity index (χ0n) is 12.8. The van der Waals surface area contributed by atoms with Gasteiger partial charge >= 0.3 is 0 Å². The lowest BCUT2D eigenvalue weighted by molar-refractivity contribution is -0.117. The molecule has 0 saturated heterocycles. The molecule has 1 aliphatic heterocycles. The number of methoxy groups -OCH3 is 1. The second-order valence-electron chi connectivity index (χ2n) is 4.48. The van der Waals surface area contributed by atoms with Crippen LogP contribution in [0, 0.1) is 3.57 Å². The van der Waals surface area contributed by atoms with Crippen molar-refractivity contribution in [1.82, 2.24) is 5.32 Å². The number of hydrogen-bond acceptors (Lipinski definition) is 5. The molecule has 1 heterocycles. The Labute approximate surface area is 151 Å². The van der Waals surface area contributed by atoms with Gasteiger partial charge in [0.2, 0.25) is 5.91 Å². The van der Waals surface area contributed by atoms with Gasteiger partial charge in [-0.3, -0.25) is 9.59 Å². The van der Waals surface area contributed by atoms with E-state index in [1.165, 1.54) is 6.92 Å². The molecule has 0 atom stereocenters. The van der Waals surface area contributed by atoms with Crippen LogP contribution >= 0.6 is 34.4 Å². The number of benzene rings is 1. The van der Waals surface area contributed by atoms with Gasteiger partial charge in [-0.15, -0.1) is 0 Å². The highest BCUT2D eigenvalue weighted by Gasteiger charge is 2.23. The van der Waals surface area contributed by atoms with Gasteiger partial charge in [0, 0.05) is 6.92 Å². The van der Waals surface area contributed by atoms with Gasteiger partial charge < -0.3 is 14.8 Å². The summed E-state index contributed by atoms with van der Waals surface area (Å²) in [6, 6.07) is 3.69. The van der Waals surface area contributed by atoms with E-state index in [1.54, 1.807) is 19.3 Å². The summed E-state index contributed by atoms with van der Waals surface area (Å²) < 4.78 is 11.8. The first kappa shape index (κ1) is 17.8. The number of thioether (sulfide) groups is 1. The van der Waals surface area contributed by atoms with Crippen LogP contribution < -0.4 is 14.8 Å². The number of hydrogen-bond donors (Lipinski definition) is 1. The van der Waals surface area contributed by atoms with Gasteiger partial charge in [0.25, 0.3) is 5.91 Å². The zero-order chi connectivity index (χ0) is 17.0. The number of halogens is 1. The predicted molar refractivity (Wildman–Crippen MR) is 98.7 cm³/mol. The summed E-state index contributed by atoms with van der Waals surface area (Å²) in [7, 11) is 1.57. The smallest absolute Gasteiger partial charge is 0.286 e. The fraction of sp³-hybridized carbons (Fsp3) is 0.267. The molecule has 0 spiro atoms. The van der Waals surface area contributed by atoms with Crippen molar-refractivity contribution in [2.75, 3.05) is 13.7 Å². The van der Waals surface area contributed by atoms with E-state index in [0.717, 1.165) is 20.9 Å². The predicted octanol–water partition coefficient (Wildman–Crippen LogP) is 2.80. The third kappa shape index (κ3) is 4.47. The van der Waals surface area contributed by atoms with Crippen molar-refractivity contribution in [2.24, 2.45) is 4.99 Å². The fourth-order valence-electron chi connectivity index (χ4n) is 1.87. The summed E-state index contributed by atoms with van der Waals surface area (Å²) in [5.74, 6) is 0.645. The van der Waals surface area contributed by atoms with E-state index >= 15 is 0 Å². The number of carbonyl (C=O) groups is 2. The summed E-state index contributed by atoms with van der Waals surface area (Å²) in [6.45, 7) is 3.81. The zero-order valence-corrected chi connectivity index (χ0v) is 15.8. The van der Waals surface area contributed by atoms with Gasteiger partial charge in [-0.05, 0) is 65.0 Å². The van der Waals surface area contributed by atoms with E-state index in [2.05, 4.69) is 32.9 Å². The Morgan fingerprint density at radius 2 is 2.22 bits per heavy atom. The summed E-state index contributed by atoms with van der Waals surface area (Å²) in [4.78, 5) is 27.2. The Balaban J connectivity index is 2.28. The molecule has 1 aliphatic rings. The van der Waals surface area contributed by atoms with Crippen molar-refractivity contribution in [3.8, 4) is 11.5 Å². The Morgan fingerprint density at radius 1 is 1.48 bits per heavy atom. The first-order valence-corrected chi connectivity index (χ1v) is 8.64. The molecule has 1 N–H and O–H groups in total. The molecular formula is C15H15IN2O4S. The van der Waals surface area contributed by atoms with Crippen molar-refractivity contribution >= 4 is 57.4 Å². The average Bonchev–Trinajstić information content (AvgIpc) is 2.80. The highest BCUT2D eigenvalue weighted by molar-refractivity contribution is 14.1. The van der Waals surface area contributed by atoms with Crippen molar-refractivity contribution in [1.29, 1.82) is 0 Å². The third-order valence-corrected chi connectivity index (χ3v) is 4.44. The Bertz CT molecular complexity index is 716. The minimum atomic E-state index is -0.374. The largest absolute Gasteiger partial charge is 0.493 e. The van der Waals surface area contributed by atoms with Crippen molar-refractivity contribution in [2.45, 2.75) is 13.8 Å². The van der Waals surface area contributed by atoms with E-state index in [-0.39, 0.29) is 11.8 Å². The SMILES string of the molecule is CCOc1c(I)cc(/C=C2/SC(NC(C)=O)=NC2=O)cc1OC. The van der Waals surface area contributed by atoms with Crippen LogP contribution in [0.25, 0.3) is 6.08 Å². The number of rotatable bonds is 4. The van der Waals surface area contributed by atoms with Crippen molar-refractivity contribution < 1.29 is 19.1 Å². The van der Waals surface area contributed by atoms with Crippen LogP contribution in [-0.2, 0) is 9.59 Å². The number of amides is 2. The van der Waals surface area contributed by atoms with Crippen LogP contribution in [0.4, 0.5) is 0 Å². The molecular weight excluding hydrogens is 431 g/mol. The molecule has 0 radical (unpaired) electrons. The topological polar surface area (TPSA) is 77.0 Å². The molecule has 8 heteroatoms. The molecule has 0 aromatic heterocycles. The Kier molecular flexibility index (Phi) is 6.05. The van der Waals surface area contributed by atoms with Crippen LogP contribution in [0.5, 0.6) is 11.5 Å². The maximum Gasteiger partial charge on any atom is 0.286 e. The lowest BCUT2D eigenvalue weighted by Gasteiger charge is -2.12. The normalized spacial score (nSPS) is 15.6. The molecule has 1 aromatic carbocycles.